The fraction of sp³-hybridized carbons (Fsp3) is 0.333. The average molecular weight is 377 g/mol. The standard InChI is InChI=1S/C18H20N2O3S2/c1-2-23-17(21)10-13-9-16(19-11-14-5-3-7-24-14)18(22)20(13)12-15-6-4-8-25-15/h3-8,10,16,19H,2,9,11-12H2,1H3/b13-10+. The van der Waals surface area contributed by atoms with Crippen LogP contribution >= 0.6 is 22.7 Å². The molecule has 1 atom stereocenters. The molecular formula is C18H20N2O3S2. The maximum absolute atomic E-state index is 12.8. The quantitative estimate of drug-likeness (QED) is 0.596. The summed E-state index contributed by atoms with van der Waals surface area (Å²) in [5.41, 5.74) is 0.709. The third-order valence-corrected chi connectivity index (χ3v) is 5.63. The lowest BCUT2D eigenvalue weighted by Crippen LogP contribution is -2.37. The second-order valence-electron chi connectivity index (χ2n) is 5.61. The van der Waals surface area contributed by atoms with Crippen molar-refractivity contribution in [3.63, 3.8) is 0 Å². The minimum atomic E-state index is -0.402. The molecule has 0 saturated carbocycles. The molecule has 0 spiro atoms. The number of nitrogens with one attached hydrogen (secondary N) is 1. The van der Waals surface area contributed by atoms with Gasteiger partial charge in [-0.15, -0.1) is 22.7 Å². The average Bonchev–Trinajstić information content (AvgIpc) is 3.32. The molecule has 2 aromatic rings. The van der Waals surface area contributed by atoms with Crippen molar-refractivity contribution < 1.29 is 14.3 Å². The predicted octanol–water partition coefficient (Wildman–Crippen LogP) is 3.15. The Morgan fingerprint density at radius 1 is 1.32 bits per heavy atom. The van der Waals surface area contributed by atoms with Crippen LogP contribution in [0.5, 0.6) is 0 Å². The molecule has 0 aromatic carbocycles. The van der Waals surface area contributed by atoms with E-state index in [1.54, 1.807) is 34.5 Å². The third kappa shape index (κ3) is 4.56. The summed E-state index contributed by atoms with van der Waals surface area (Å²) in [6.07, 6.45) is 1.94. The summed E-state index contributed by atoms with van der Waals surface area (Å²) in [6.45, 7) is 3.22. The van der Waals surface area contributed by atoms with Crippen LogP contribution in [0, 0.1) is 0 Å². The summed E-state index contributed by atoms with van der Waals surface area (Å²) in [4.78, 5) is 28.6. The fourth-order valence-electron chi connectivity index (χ4n) is 2.73. The first-order valence-electron chi connectivity index (χ1n) is 8.14. The van der Waals surface area contributed by atoms with Gasteiger partial charge < -0.3 is 15.0 Å². The summed E-state index contributed by atoms with van der Waals surface area (Å²) in [6, 6.07) is 7.67. The summed E-state index contributed by atoms with van der Waals surface area (Å²) < 4.78 is 5.01. The van der Waals surface area contributed by atoms with Gasteiger partial charge in [0.15, 0.2) is 0 Å². The highest BCUT2D eigenvalue weighted by Crippen LogP contribution is 2.27. The van der Waals surface area contributed by atoms with Gasteiger partial charge in [-0.3, -0.25) is 4.79 Å². The van der Waals surface area contributed by atoms with Crippen LogP contribution in [0.1, 0.15) is 23.1 Å². The summed E-state index contributed by atoms with van der Waals surface area (Å²) in [5.74, 6) is -0.402. The number of rotatable bonds is 7. The molecule has 132 valence electrons. The zero-order valence-corrected chi connectivity index (χ0v) is 15.6. The van der Waals surface area contributed by atoms with Gasteiger partial charge >= 0.3 is 5.97 Å². The monoisotopic (exact) mass is 376 g/mol. The molecule has 3 rings (SSSR count). The van der Waals surface area contributed by atoms with Crippen molar-refractivity contribution in [3.05, 3.63) is 56.6 Å². The van der Waals surface area contributed by atoms with E-state index in [0.717, 1.165) is 4.88 Å². The van der Waals surface area contributed by atoms with Crippen molar-refractivity contribution in [2.45, 2.75) is 32.5 Å². The molecule has 3 heterocycles. The van der Waals surface area contributed by atoms with E-state index >= 15 is 0 Å². The summed E-state index contributed by atoms with van der Waals surface area (Å²) in [7, 11) is 0. The Hall–Kier alpha value is -1.96. The van der Waals surface area contributed by atoms with Crippen LogP contribution < -0.4 is 5.32 Å². The number of esters is 1. The molecule has 0 bridgehead atoms. The number of hydrogen-bond donors (Lipinski definition) is 1. The molecule has 5 nitrogen and oxygen atoms in total. The molecule has 0 aliphatic carbocycles. The first kappa shape index (κ1) is 17.8. The highest BCUT2D eigenvalue weighted by atomic mass is 32.1. The SMILES string of the molecule is CCOC(=O)/C=C1\CC(NCc2cccs2)C(=O)N1Cc1cccs1. The van der Waals surface area contributed by atoms with Gasteiger partial charge in [-0.25, -0.2) is 4.79 Å². The third-order valence-electron chi connectivity index (χ3n) is 3.89. The van der Waals surface area contributed by atoms with Crippen molar-refractivity contribution in [2.75, 3.05) is 6.61 Å². The Morgan fingerprint density at radius 3 is 2.68 bits per heavy atom. The van der Waals surface area contributed by atoms with Crippen LogP contribution in [0.25, 0.3) is 0 Å². The van der Waals surface area contributed by atoms with Crippen molar-refractivity contribution in [1.82, 2.24) is 10.2 Å². The van der Waals surface area contributed by atoms with E-state index in [1.807, 2.05) is 35.0 Å². The number of likely N-dealkylation sites (tertiary alicyclic amines) is 1. The van der Waals surface area contributed by atoms with Crippen LogP contribution in [0.2, 0.25) is 0 Å². The lowest BCUT2D eigenvalue weighted by molar-refractivity contribution is -0.137. The number of ether oxygens (including phenoxy) is 1. The van der Waals surface area contributed by atoms with E-state index in [1.165, 1.54) is 11.0 Å². The highest BCUT2D eigenvalue weighted by molar-refractivity contribution is 7.10. The van der Waals surface area contributed by atoms with Gasteiger partial charge in [0.05, 0.1) is 19.2 Å². The van der Waals surface area contributed by atoms with Crippen molar-refractivity contribution >= 4 is 34.6 Å². The van der Waals surface area contributed by atoms with Gasteiger partial charge in [-0.05, 0) is 29.8 Å². The molecule has 1 fully saturated rings. The first-order chi connectivity index (χ1) is 12.2. The molecule has 1 unspecified atom stereocenters. The Balaban J connectivity index is 1.73. The second kappa shape index (κ2) is 8.42. The molecule has 1 N–H and O–H groups in total. The number of thiophene rings is 2. The van der Waals surface area contributed by atoms with Gasteiger partial charge in [0.2, 0.25) is 5.91 Å². The summed E-state index contributed by atoms with van der Waals surface area (Å²) >= 11 is 3.26. The molecule has 0 radical (unpaired) electrons. The zero-order chi connectivity index (χ0) is 17.6. The van der Waals surface area contributed by atoms with Crippen LogP contribution in [-0.2, 0) is 27.4 Å². The van der Waals surface area contributed by atoms with E-state index in [2.05, 4.69) is 5.32 Å². The normalized spacial score (nSPS) is 18.9. The van der Waals surface area contributed by atoms with E-state index in [9.17, 15) is 9.59 Å². The van der Waals surface area contributed by atoms with Gasteiger partial charge in [0, 0.05) is 34.5 Å². The van der Waals surface area contributed by atoms with Gasteiger partial charge in [0.25, 0.3) is 0 Å². The highest BCUT2D eigenvalue weighted by Gasteiger charge is 2.36. The van der Waals surface area contributed by atoms with Crippen LogP contribution in [0.15, 0.2) is 46.8 Å². The summed E-state index contributed by atoms with van der Waals surface area (Å²) in [5, 5.41) is 7.31. The van der Waals surface area contributed by atoms with Crippen molar-refractivity contribution in [1.29, 1.82) is 0 Å². The van der Waals surface area contributed by atoms with E-state index < -0.39 is 5.97 Å². The van der Waals surface area contributed by atoms with E-state index in [4.69, 9.17) is 4.74 Å². The Bertz CT molecular complexity index is 738. The smallest absolute Gasteiger partial charge is 0.332 e. The number of hydrogen-bond acceptors (Lipinski definition) is 6. The lowest BCUT2D eigenvalue weighted by Gasteiger charge is -2.17. The molecular weight excluding hydrogens is 356 g/mol. The predicted molar refractivity (Wildman–Crippen MR) is 99.1 cm³/mol. The van der Waals surface area contributed by atoms with Crippen molar-refractivity contribution in [3.8, 4) is 0 Å². The molecule has 25 heavy (non-hydrogen) atoms. The van der Waals surface area contributed by atoms with Crippen LogP contribution in [-0.4, -0.2) is 29.4 Å². The van der Waals surface area contributed by atoms with E-state index in [0.29, 0.717) is 31.8 Å². The first-order valence-corrected chi connectivity index (χ1v) is 9.90. The lowest BCUT2D eigenvalue weighted by atomic mass is 10.2. The molecule has 1 amide bonds. The number of amides is 1. The van der Waals surface area contributed by atoms with Gasteiger partial charge in [-0.1, -0.05) is 12.1 Å². The fourth-order valence-corrected chi connectivity index (χ4v) is 4.08. The van der Waals surface area contributed by atoms with Crippen LogP contribution in [0.4, 0.5) is 0 Å². The van der Waals surface area contributed by atoms with Gasteiger partial charge in [-0.2, -0.15) is 0 Å². The molecule has 1 aliphatic heterocycles. The maximum atomic E-state index is 12.8. The topological polar surface area (TPSA) is 58.6 Å². The maximum Gasteiger partial charge on any atom is 0.332 e. The van der Waals surface area contributed by atoms with Gasteiger partial charge in [0.1, 0.15) is 0 Å². The Kier molecular flexibility index (Phi) is 6.01. The molecule has 7 heteroatoms. The Morgan fingerprint density at radius 2 is 2.04 bits per heavy atom. The largest absolute Gasteiger partial charge is 0.463 e. The molecule has 2 aromatic heterocycles. The zero-order valence-electron chi connectivity index (χ0n) is 13.9. The number of carbonyl (C=O) groups excluding carboxylic acids is 2. The van der Waals surface area contributed by atoms with Crippen LogP contribution in [0.3, 0.4) is 0 Å². The number of carbonyl (C=O) groups is 2. The molecule has 1 saturated heterocycles. The number of nitrogens with zero attached hydrogens (tertiary/aromatic N) is 1. The Labute approximate surface area is 154 Å². The van der Waals surface area contributed by atoms with Crippen molar-refractivity contribution in [2.24, 2.45) is 0 Å². The van der Waals surface area contributed by atoms with E-state index in [-0.39, 0.29) is 11.9 Å². The molecule has 1 aliphatic rings. The second-order valence-corrected chi connectivity index (χ2v) is 7.67. The minimum Gasteiger partial charge on any atom is -0.463 e. The minimum absolute atomic E-state index is 0.000467.